The van der Waals surface area contributed by atoms with Crippen LogP contribution < -0.4 is 0 Å². The lowest BCUT2D eigenvalue weighted by Crippen LogP contribution is -2.13. The normalized spacial score (nSPS) is 13.0. The molecule has 0 heterocycles. The van der Waals surface area contributed by atoms with E-state index in [1.54, 1.807) is 11.8 Å². The molecule has 0 saturated carbocycles. The van der Waals surface area contributed by atoms with Crippen molar-refractivity contribution in [3.8, 4) is 0 Å². The third-order valence-electron chi connectivity index (χ3n) is 0.944. The van der Waals surface area contributed by atoms with E-state index in [1.165, 1.54) is 0 Å². The van der Waals surface area contributed by atoms with Crippen LogP contribution in [-0.2, 0) is 0 Å². The molecular formula is C6H13NO2S. The zero-order chi connectivity index (χ0) is 7.82. The standard InChI is InChI=1S/C6H13NO2S/c1-2-3-10-5-6(8)4-7-9/h6,8H,2-5H2,1H3. The van der Waals surface area contributed by atoms with E-state index < -0.39 is 6.10 Å². The van der Waals surface area contributed by atoms with Crippen LogP contribution in [0.25, 0.3) is 0 Å². The predicted molar refractivity (Wildman–Crippen MR) is 44.3 cm³/mol. The van der Waals surface area contributed by atoms with Crippen molar-refractivity contribution in [2.24, 2.45) is 5.18 Å². The number of hydrogen-bond acceptors (Lipinski definition) is 4. The SMILES string of the molecule is CCCSCC(O)CN=O. The van der Waals surface area contributed by atoms with Gasteiger partial charge in [0.2, 0.25) is 0 Å². The van der Waals surface area contributed by atoms with E-state index in [9.17, 15) is 4.91 Å². The van der Waals surface area contributed by atoms with Crippen LogP contribution in [0.5, 0.6) is 0 Å². The summed E-state index contributed by atoms with van der Waals surface area (Å²) in [6.45, 7) is 2.11. The summed E-state index contributed by atoms with van der Waals surface area (Å²) >= 11 is 1.65. The molecule has 4 heteroatoms. The van der Waals surface area contributed by atoms with Crippen LogP contribution in [0.15, 0.2) is 5.18 Å². The van der Waals surface area contributed by atoms with Gasteiger partial charge in [0.15, 0.2) is 0 Å². The number of rotatable bonds is 6. The van der Waals surface area contributed by atoms with Gasteiger partial charge in [-0.3, -0.25) is 0 Å². The van der Waals surface area contributed by atoms with E-state index in [0.29, 0.717) is 5.75 Å². The predicted octanol–water partition coefficient (Wildman–Crippen LogP) is 1.26. The van der Waals surface area contributed by atoms with E-state index in [2.05, 4.69) is 12.1 Å². The molecule has 3 nitrogen and oxygen atoms in total. The Morgan fingerprint density at radius 3 is 2.90 bits per heavy atom. The van der Waals surface area contributed by atoms with E-state index in [0.717, 1.165) is 12.2 Å². The molecule has 0 bridgehead atoms. The highest BCUT2D eigenvalue weighted by atomic mass is 32.2. The van der Waals surface area contributed by atoms with Gasteiger partial charge >= 0.3 is 0 Å². The molecule has 1 atom stereocenters. The molecule has 0 radical (unpaired) electrons. The molecule has 60 valence electrons. The van der Waals surface area contributed by atoms with Gasteiger partial charge in [0.05, 0.1) is 6.10 Å². The fourth-order valence-corrected chi connectivity index (χ4v) is 1.34. The van der Waals surface area contributed by atoms with E-state index in [-0.39, 0.29) is 6.54 Å². The highest BCUT2D eigenvalue weighted by Gasteiger charge is 2.01. The molecule has 1 unspecified atom stereocenters. The lowest BCUT2D eigenvalue weighted by Gasteiger charge is -2.03. The monoisotopic (exact) mass is 163 g/mol. The zero-order valence-corrected chi connectivity index (χ0v) is 6.93. The summed E-state index contributed by atoms with van der Waals surface area (Å²) in [7, 11) is 0. The smallest absolute Gasteiger partial charge is 0.108 e. The summed E-state index contributed by atoms with van der Waals surface area (Å²) < 4.78 is 0. The second-order valence-electron chi connectivity index (χ2n) is 2.04. The number of aliphatic hydroxyl groups excluding tert-OH is 1. The van der Waals surface area contributed by atoms with Gasteiger partial charge in [-0.15, -0.1) is 0 Å². The molecule has 0 aromatic heterocycles. The summed E-state index contributed by atoms with van der Waals surface area (Å²) in [5.74, 6) is 1.66. The minimum atomic E-state index is -0.547. The first-order valence-electron chi connectivity index (χ1n) is 3.36. The van der Waals surface area contributed by atoms with Crippen LogP contribution >= 0.6 is 11.8 Å². The molecule has 0 spiro atoms. The number of thioether (sulfide) groups is 1. The average molecular weight is 163 g/mol. The van der Waals surface area contributed by atoms with Crippen LogP contribution in [0.3, 0.4) is 0 Å². The zero-order valence-electron chi connectivity index (χ0n) is 6.12. The second kappa shape index (κ2) is 7.02. The number of nitroso groups, excluding NO2 is 1. The molecule has 0 aliphatic rings. The Kier molecular flexibility index (Phi) is 6.96. The molecule has 0 aliphatic carbocycles. The van der Waals surface area contributed by atoms with Crippen LogP contribution in [0.2, 0.25) is 0 Å². The van der Waals surface area contributed by atoms with Gasteiger partial charge in [-0.1, -0.05) is 12.1 Å². The minimum absolute atomic E-state index is 0.0245. The Morgan fingerprint density at radius 2 is 2.40 bits per heavy atom. The largest absolute Gasteiger partial charge is 0.390 e. The van der Waals surface area contributed by atoms with E-state index in [4.69, 9.17) is 5.11 Å². The Balaban J connectivity index is 3.04. The molecule has 0 amide bonds. The average Bonchev–Trinajstić information content (AvgIpc) is 1.89. The van der Waals surface area contributed by atoms with Crippen molar-refractivity contribution >= 4 is 11.8 Å². The summed E-state index contributed by atoms with van der Waals surface area (Å²) in [6.07, 6.45) is 0.556. The first kappa shape index (κ1) is 9.91. The lowest BCUT2D eigenvalue weighted by molar-refractivity contribution is 0.208. The molecule has 0 fully saturated rings. The third kappa shape index (κ3) is 6.04. The quantitative estimate of drug-likeness (QED) is 0.473. The maximum absolute atomic E-state index is 9.63. The van der Waals surface area contributed by atoms with Gasteiger partial charge in [-0.05, 0) is 12.2 Å². The Hall–Kier alpha value is -0.0900. The molecule has 10 heavy (non-hydrogen) atoms. The molecule has 0 saturated heterocycles. The van der Waals surface area contributed by atoms with Crippen molar-refractivity contribution in [2.75, 3.05) is 18.1 Å². The van der Waals surface area contributed by atoms with Gasteiger partial charge in [0.1, 0.15) is 6.54 Å². The van der Waals surface area contributed by atoms with Gasteiger partial charge in [-0.25, -0.2) is 0 Å². The van der Waals surface area contributed by atoms with E-state index >= 15 is 0 Å². The van der Waals surface area contributed by atoms with Crippen molar-refractivity contribution < 1.29 is 5.11 Å². The van der Waals surface area contributed by atoms with Crippen LogP contribution in [0.4, 0.5) is 0 Å². The third-order valence-corrected chi connectivity index (χ3v) is 2.26. The molecule has 0 aromatic rings. The molecular weight excluding hydrogens is 150 g/mol. The first-order valence-corrected chi connectivity index (χ1v) is 4.51. The van der Waals surface area contributed by atoms with Crippen molar-refractivity contribution in [1.29, 1.82) is 0 Å². The van der Waals surface area contributed by atoms with Crippen molar-refractivity contribution in [3.63, 3.8) is 0 Å². The van der Waals surface area contributed by atoms with Gasteiger partial charge in [0, 0.05) is 5.75 Å². The van der Waals surface area contributed by atoms with Gasteiger partial charge in [-0.2, -0.15) is 16.7 Å². The summed E-state index contributed by atoms with van der Waals surface area (Å²) in [5.41, 5.74) is 0. The lowest BCUT2D eigenvalue weighted by atomic mass is 10.4. The molecule has 0 rings (SSSR count). The topological polar surface area (TPSA) is 49.7 Å². The first-order chi connectivity index (χ1) is 4.81. The molecule has 0 aliphatic heterocycles. The number of nitrogens with zero attached hydrogens (tertiary/aromatic N) is 1. The second-order valence-corrected chi connectivity index (χ2v) is 3.19. The highest BCUT2D eigenvalue weighted by Crippen LogP contribution is 2.04. The summed E-state index contributed by atoms with van der Waals surface area (Å²) in [6, 6.07) is 0. The highest BCUT2D eigenvalue weighted by molar-refractivity contribution is 7.99. The fourth-order valence-electron chi connectivity index (χ4n) is 0.502. The number of aliphatic hydroxyl groups is 1. The van der Waals surface area contributed by atoms with Gasteiger partial charge in [0.25, 0.3) is 0 Å². The summed E-state index contributed by atoms with van der Waals surface area (Å²) in [5, 5.41) is 11.6. The number of hydrogen-bond donors (Lipinski definition) is 1. The Morgan fingerprint density at radius 1 is 1.70 bits per heavy atom. The van der Waals surface area contributed by atoms with Crippen LogP contribution in [0, 0.1) is 4.91 Å². The van der Waals surface area contributed by atoms with Crippen molar-refractivity contribution in [3.05, 3.63) is 4.91 Å². The molecule has 1 N–H and O–H groups in total. The Bertz CT molecular complexity index is 89.8. The van der Waals surface area contributed by atoms with Crippen molar-refractivity contribution in [2.45, 2.75) is 19.4 Å². The van der Waals surface area contributed by atoms with Crippen LogP contribution in [0.1, 0.15) is 13.3 Å². The van der Waals surface area contributed by atoms with Gasteiger partial charge < -0.3 is 5.11 Å². The minimum Gasteiger partial charge on any atom is -0.390 e. The van der Waals surface area contributed by atoms with Crippen LogP contribution in [-0.4, -0.2) is 29.3 Å². The van der Waals surface area contributed by atoms with Crippen molar-refractivity contribution in [1.82, 2.24) is 0 Å². The van der Waals surface area contributed by atoms with E-state index in [1.807, 2.05) is 0 Å². The molecule has 0 aromatic carbocycles. The Labute approximate surface area is 65.2 Å². The fraction of sp³-hybridized carbons (Fsp3) is 1.00. The maximum atomic E-state index is 9.63. The maximum Gasteiger partial charge on any atom is 0.108 e. The summed E-state index contributed by atoms with van der Waals surface area (Å²) in [4.78, 5) is 9.63.